The van der Waals surface area contributed by atoms with Crippen LogP contribution in [0.5, 0.6) is 11.5 Å². The summed E-state index contributed by atoms with van der Waals surface area (Å²) in [5.74, 6) is 0.543. The summed E-state index contributed by atoms with van der Waals surface area (Å²) in [6, 6.07) is 13.6. The highest BCUT2D eigenvalue weighted by molar-refractivity contribution is 5.83. The Hall–Kier alpha value is -3.19. The lowest BCUT2D eigenvalue weighted by atomic mass is 10.1. The van der Waals surface area contributed by atoms with Crippen LogP contribution in [-0.4, -0.2) is 28.4 Å². The van der Waals surface area contributed by atoms with Gasteiger partial charge in [-0.05, 0) is 55.8 Å². The van der Waals surface area contributed by atoms with Gasteiger partial charge >= 0.3 is 5.97 Å². The number of rotatable bonds is 7. The van der Waals surface area contributed by atoms with E-state index in [0.717, 1.165) is 27.9 Å². The Morgan fingerprint density at radius 3 is 2.83 bits per heavy atom. The van der Waals surface area contributed by atoms with Gasteiger partial charge in [-0.15, -0.1) is 0 Å². The largest absolute Gasteiger partial charge is 0.489 e. The summed E-state index contributed by atoms with van der Waals surface area (Å²) < 4.78 is 19.4. The second-order valence-electron chi connectivity index (χ2n) is 7.73. The molecule has 1 aliphatic heterocycles. The van der Waals surface area contributed by atoms with E-state index in [-0.39, 0.29) is 12.5 Å². The van der Waals surface area contributed by atoms with Gasteiger partial charge in [0.15, 0.2) is 0 Å². The van der Waals surface area contributed by atoms with Crippen molar-refractivity contribution in [2.45, 2.75) is 45.6 Å². The second kappa shape index (κ2) is 8.28. The number of nitrogen functional groups attached to an aromatic ring is 1. The van der Waals surface area contributed by atoms with Gasteiger partial charge in [-0.2, -0.15) is 0 Å². The van der Waals surface area contributed by atoms with Crippen molar-refractivity contribution in [3.8, 4) is 11.5 Å². The molecule has 0 fully saturated rings. The third-order valence-electron chi connectivity index (χ3n) is 5.07. The van der Waals surface area contributed by atoms with E-state index in [9.17, 15) is 4.79 Å². The highest BCUT2D eigenvalue weighted by Crippen LogP contribution is 2.33. The van der Waals surface area contributed by atoms with Crippen molar-refractivity contribution in [3.05, 3.63) is 53.7 Å². The predicted molar refractivity (Wildman–Crippen MR) is 114 cm³/mol. The minimum Gasteiger partial charge on any atom is -0.489 e. The third kappa shape index (κ3) is 4.21. The van der Waals surface area contributed by atoms with E-state index >= 15 is 0 Å². The zero-order chi connectivity index (χ0) is 21.3. The maximum atomic E-state index is 11.1. The van der Waals surface area contributed by atoms with E-state index in [1.807, 2.05) is 56.3 Å². The number of carboxylic acid groups (broad SMARTS) is 1. The van der Waals surface area contributed by atoms with Gasteiger partial charge in [-0.1, -0.05) is 6.07 Å². The quantitative estimate of drug-likeness (QED) is 0.569. The first-order valence-electron chi connectivity index (χ1n) is 10.0. The monoisotopic (exact) mass is 410 g/mol. The van der Waals surface area contributed by atoms with E-state index in [0.29, 0.717) is 31.2 Å². The van der Waals surface area contributed by atoms with Crippen molar-refractivity contribution in [1.29, 1.82) is 0 Å². The molecule has 0 spiro atoms. The molecular weight excluding hydrogens is 384 g/mol. The average molecular weight is 410 g/mol. The van der Waals surface area contributed by atoms with Crippen molar-refractivity contribution in [2.75, 3.05) is 12.3 Å². The van der Waals surface area contributed by atoms with Gasteiger partial charge in [0, 0.05) is 23.1 Å². The third-order valence-corrected chi connectivity index (χ3v) is 5.07. The molecule has 3 N–H and O–H groups in total. The molecule has 3 aromatic rings. The fourth-order valence-electron chi connectivity index (χ4n) is 3.79. The smallest absolute Gasteiger partial charge is 0.306 e. The number of hydrogen-bond donors (Lipinski definition) is 2. The first kappa shape index (κ1) is 20.1. The molecule has 4 rings (SSSR count). The lowest BCUT2D eigenvalue weighted by Crippen LogP contribution is -2.22. The van der Waals surface area contributed by atoms with Crippen LogP contribution in [0.3, 0.4) is 0 Å². The Morgan fingerprint density at radius 2 is 2.10 bits per heavy atom. The molecule has 7 heteroatoms. The Kier molecular flexibility index (Phi) is 5.55. The SMILES string of the molecule is CC(C)Oc1ccc(COc2ccc3c(c2)cc2n3CCOC2CC(=O)O)cc1N. The Morgan fingerprint density at radius 1 is 1.27 bits per heavy atom. The maximum absolute atomic E-state index is 11.1. The van der Waals surface area contributed by atoms with Crippen molar-refractivity contribution >= 4 is 22.6 Å². The number of aromatic nitrogens is 1. The highest BCUT2D eigenvalue weighted by Gasteiger charge is 2.25. The van der Waals surface area contributed by atoms with Crippen LogP contribution in [0.4, 0.5) is 5.69 Å². The molecule has 0 bridgehead atoms. The summed E-state index contributed by atoms with van der Waals surface area (Å²) in [5.41, 5.74) is 9.57. The predicted octanol–water partition coefficient (Wildman–Crippen LogP) is 4.14. The number of ether oxygens (including phenoxy) is 3. The van der Waals surface area contributed by atoms with E-state index in [2.05, 4.69) is 4.57 Å². The lowest BCUT2D eigenvalue weighted by Gasteiger charge is -2.24. The molecule has 0 saturated carbocycles. The number of carbonyl (C=O) groups is 1. The Labute approximate surface area is 175 Å². The van der Waals surface area contributed by atoms with Crippen molar-refractivity contribution in [3.63, 3.8) is 0 Å². The molecule has 30 heavy (non-hydrogen) atoms. The van der Waals surface area contributed by atoms with Crippen LogP contribution in [0.25, 0.3) is 10.9 Å². The molecule has 2 heterocycles. The zero-order valence-electron chi connectivity index (χ0n) is 17.1. The number of nitrogens with zero attached hydrogens (tertiary/aromatic N) is 1. The molecular formula is C23H26N2O5. The summed E-state index contributed by atoms with van der Waals surface area (Å²) in [6.07, 6.45) is -0.408. The Balaban J connectivity index is 1.51. The molecule has 0 radical (unpaired) electrons. The van der Waals surface area contributed by atoms with E-state index in [1.54, 1.807) is 0 Å². The minimum atomic E-state index is -0.869. The lowest BCUT2D eigenvalue weighted by molar-refractivity contribution is -0.141. The number of fused-ring (bicyclic) bond motifs is 3. The number of aliphatic carboxylic acids is 1. The summed E-state index contributed by atoms with van der Waals surface area (Å²) in [5, 5.41) is 10.1. The fourth-order valence-corrected chi connectivity index (χ4v) is 3.79. The topological polar surface area (TPSA) is 95.9 Å². The summed E-state index contributed by atoms with van der Waals surface area (Å²) >= 11 is 0. The van der Waals surface area contributed by atoms with Crippen LogP contribution >= 0.6 is 0 Å². The highest BCUT2D eigenvalue weighted by atomic mass is 16.5. The molecule has 1 atom stereocenters. The molecule has 1 unspecified atom stereocenters. The maximum Gasteiger partial charge on any atom is 0.306 e. The number of hydrogen-bond acceptors (Lipinski definition) is 5. The molecule has 7 nitrogen and oxygen atoms in total. The summed E-state index contributed by atoms with van der Waals surface area (Å²) in [7, 11) is 0. The minimum absolute atomic E-state index is 0.0440. The molecule has 0 amide bonds. The standard InChI is InChI=1S/C23H26N2O5/c1-14(2)30-21-6-3-15(9-18(21)24)13-29-17-4-5-19-16(10-17)11-20-22(12-23(26)27)28-8-7-25(19)20/h3-6,9-11,14,22H,7-8,12-13,24H2,1-2H3,(H,26,27). The summed E-state index contributed by atoms with van der Waals surface area (Å²) in [4.78, 5) is 11.1. The Bertz CT molecular complexity index is 1070. The number of carboxylic acids is 1. The number of anilines is 1. The average Bonchev–Trinajstić information content (AvgIpc) is 3.06. The summed E-state index contributed by atoms with van der Waals surface area (Å²) in [6.45, 7) is 5.52. The van der Waals surface area contributed by atoms with E-state index < -0.39 is 12.1 Å². The van der Waals surface area contributed by atoms with Crippen molar-refractivity contribution in [2.24, 2.45) is 0 Å². The van der Waals surface area contributed by atoms with Gasteiger partial charge in [0.2, 0.25) is 0 Å². The molecule has 1 aliphatic rings. The van der Waals surface area contributed by atoms with Gasteiger partial charge in [0.25, 0.3) is 0 Å². The van der Waals surface area contributed by atoms with Crippen LogP contribution in [0.1, 0.15) is 37.6 Å². The van der Waals surface area contributed by atoms with Crippen LogP contribution in [0.15, 0.2) is 42.5 Å². The van der Waals surface area contributed by atoms with Crippen LogP contribution in [0.2, 0.25) is 0 Å². The van der Waals surface area contributed by atoms with Gasteiger partial charge in [-0.3, -0.25) is 4.79 Å². The molecule has 0 aliphatic carbocycles. The van der Waals surface area contributed by atoms with Gasteiger partial charge in [-0.25, -0.2) is 0 Å². The molecule has 158 valence electrons. The van der Waals surface area contributed by atoms with Gasteiger partial charge < -0.3 is 29.6 Å². The fraction of sp³-hybridized carbons (Fsp3) is 0.348. The van der Waals surface area contributed by atoms with Crippen LogP contribution < -0.4 is 15.2 Å². The van der Waals surface area contributed by atoms with Crippen molar-refractivity contribution < 1.29 is 24.1 Å². The first-order valence-corrected chi connectivity index (χ1v) is 10.0. The van der Waals surface area contributed by atoms with Crippen LogP contribution in [-0.2, 0) is 22.7 Å². The molecule has 2 aromatic carbocycles. The zero-order valence-corrected chi connectivity index (χ0v) is 17.1. The normalized spacial score (nSPS) is 15.9. The van der Waals surface area contributed by atoms with E-state index in [1.165, 1.54) is 0 Å². The second-order valence-corrected chi connectivity index (χ2v) is 7.73. The molecule has 1 aromatic heterocycles. The van der Waals surface area contributed by atoms with Gasteiger partial charge in [0.05, 0.1) is 24.8 Å². The van der Waals surface area contributed by atoms with E-state index in [4.69, 9.17) is 25.1 Å². The van der Waals surface area contributed by atoms with Gasteiger partial charge in [0.1, 0.15) is 24.2 Å². The number of nitrogens with two attached hydrogens (primary N) is 1. The van der Waals surface area contributed by atoms with Crippen molar-refractivity contribution in [1.82, 2.24) is 4.57 Å². The first-order chi connectivity index (χ1) is 14.4. The van der Waals surface area contributed by atoms with Crippen LogP contribution in [0, 0.1) is 0 Å². The molecule has 0 saturated heterocycles. The number of benzene rings is 2.